The molecule has 0 unspecified atom stereocenters. The van der Waals surface area contributed by atoms with Crippen molar-refractivity contribution in [1.82, 2.24) is 0 Å². The molecule has 38 heavy (non-hydrogen) atoms. The topological polar surface area (TPSA) is 0 Å². The van der Waals surface area contributed by atoms with E-state index in [4.69, 9.17) is 0 Å². The van der Waals surface area contributed by atoms with Gasteiger partial charge in [0.2, 0.25) is 0 Å². The van der Waals surface area contributed by atoms with Gasteiger partial charge >= 0.3 is 50.5 Å². The molecule has 4 aliphatic rings. The van der Waals surface area contributed by atoms with Crippen LogP contribution in [0.1, 0.15) is 131 Å². The fourth-order valence-electron chi connectivity index (χ4n) is 6.07. The Morgan fingerprint density at radius 2 is 1.42 bits per heavy atom. The Kier molecular flexibility index (Phi) is 15.5. The molecule has 0 aromatic heterocycles. The van der Waals surface area contributed by atoms with E-state index < -0.39 is 0 Å². The van der Waals surface area contributed by atoms with Crippen LogP contribution < -0.4 is 24.8 Å². The smallest absolute Gasteiger partial charge is 0.0162 e. The Morgan fingerprint density at radius 1 is 0.816 bits per heavy atom. The van der Waals surface area contributed by atoms with Crippen molar-refractivity contribution in [2.45, 2.75) is 116 Å². The zero-order valence-corrected chi connectivity index (χ0v) is 26.5. The van der Waals surface area contributed by atoms with Gasteiger partial charge in [0.25, 0.3) is 0 Å². The van der Waals surface area contributed by atoms with Crippen LogP contribution in [0.4, 0.5) is 0 Å². The van der Waals surface area contributed by atoms with Crippen molar-refractivity contribution in [3.8, 4) is 11.1 Å². The van der Waals surface area contributed by atoms with Crippen LogP contribution >= 0.6 is 0 Å². The van der Waals surface area contributed by atoms with E-state index in [0.29, 0.717) is 0 Å². The quantitative estimate of drug-likeness (QED) is 0.322. The summed E-state index contributed by atoms with van der Waals surface area (Å²) in [5.74, 6) is 1.58. The molecule has 0 bridgehead atoms. The molecule has 0 saturated heterocycles. The van der Waals surface area contributed by atoms with Crippen LogP contribution in [0.2, 0.25) is 0 Å². The zero-order valence-electron chi connectivity index (χ0n) is 23.4. The summed E-state index contributed by atoms with van der Waals surface area (Å²) in [5.41, 5.74) is 9.11. The number of allylic oxidation sites excluding steroid dienone is 4. The van der Waals surface area contributed by atoms with Crippen LogP contribution in [-0.2, 0) is 26.4 Å². The Balaban J connectivity index is 0.000000330. The third kappa shape index (κ3) is 9.33. The van der Waals surface area contributed by atoms with E-state index in [9.17, 15) is 0 Å². The first-order valence-corrected chi connectivity index (χ1v) is 15.4. The van der Waals surface area contributed by atoms with E-state index in [-0.39, 0.29) is 24.8 Å². The molecule has 2 aromatic rings. The summed E-state index contributed by atoms with van der Waals surface area (Å²) in [4.78, 5) is 0. The molecule has 204 valence electrons. The zero-order chi connectivity index (χ0) is 25.2. The number of halogens is 2. The minimum Gasteiger partial charge on any atom is -1.00 e. The van der Waals surface area contributed by atoms with Gasteiger partial charge in [-0.1, -0.05) is 86.6 Å². The monoisotopic (exact) mass is 582 g/mol. The van der Waals surface area contributed by atoms with Crippen LogP contribution in [-0.4, -0.2) is 3.81 Å². The molecular formula is C35H44Cl2Ti-2. The third-order valence-corrected chi connectivity index (χ3v) is 9.54. The SMILES string of the molecule is CC[C](=[Ti+2])CC.[C-]1=CC=CC1.[Cl-].[Cl-].[c-]1cc(C2CCCCC2)cc2c1Cc1ccc(C3CCCCC3)cc1-2. The molecular weight excluding hydrogens is 539 g/mol. The van der Waals surface area contributed by atoms with Crippen molar-refractivity contribution >= 4 is 3.81 Å². The van der Waals surface area contributed by atoms with Crippen LogP contribution in [0.15, 0.2) is 48.6 Å². The number of fused-ring (bicyclic) bond motifs is 3. The van der Waals surface area contributed by atoms with E-state index >= 15 is 0 Å². The maximum absolute atomic E-state index is 3.66. The van der Waals surface area contributed by atoms with E-state index in [1.54, 1.807) is 14.9 Å². The Morgan fingerprint density at radius 3 is 1.92 bits per heavy atom. The van der Waals surface area contributed by atoms with Crippen LogP contribution in [0.5, 0.6) is 0 Å². The van der Waals surface area contributed by atoms with Crippen molar-refractivity contribution in [2.75, 3.05) is 0 Å². The maximum atomic E-state index is 3.66. The van der Waals surface area contributed by atoms with Gasteiger partial charge in [0.05, 0.1) is 0 Å². The maximum Gasteiger partial charge on any atom is -0.0162 e. The van der Waals surface area contributed by atoms with Gasteiger partial charge in [0.1, 0.15) is 0 Å². The Hall–Kier alpha value is -0.916. The minimum absolute atomic E-state index is 0. The second-order valence-corrected chi connectivity index (χ2v) is 12.0. The molecule has 3 heteroatoms. The van der Waals surface area contributed by atoms with Gasteiger partial charge < -0.3 is 24.8 Å². The van der Waals surface area contributed by atoms with Crippen molar-refractivity contribution in [2.24, 2.45) is 0 Å². The molecule has 0 heterocycles. The fraction of sp³-hybridized carbons (Fsp3) is 0.514. The van der Waals surface area contributed by atoms with Crippen molar-refractivity contribution < 1.29 is 44.8 Å². The number of hydrogen-bond donors (Lipinski definition) is 0. The molecule has 2 fully saturated rings. The number of benzene rings is 2. The van der Waals surface area contributed by atoms with Gasteiger partial charge in [0.15, 0.2) is 0 Å². The number of hydrogen-bond acceptors (Lipinski definition) is 0. The van der Waals surface area contributed by atoms with E-state index in [1.807, 2.05) is 12.2 Å². The molecule has 0 aliphatic heterocycles. The molecule has 0 radical (unpaired) electrons. The molecule has 0 nitrogen and oxygen atoms in total. The Bertz CT molecular complexity index is 974. The van der Waals surface area contributed by atoms with E-state index in [1.165, 1.54) is 99.3 Å². The van der Waals surface area contributed by atoms with Crippen molar-refractivity contribution in [3.63, 3.8) is 0 Å². The summed E-state index contributed by atoms with van der Waals surface area (Å²) >= 11 is 2.19. The first-order chi connectivity index (χ1) is 17.7. The molecule has 0 N–H and O–H groups in total. The summed E-state index contributed by atoms with van der Waals surface area (Å²) in [6.07, 6.45) is 27.6. The predicted octanol–water partition coefficient (Wildman–Crippen LogP) is 3.99. The van der Waals surface area contributed by atoms with Gasteiger partial charge in [-0.15, -0.1) is 12.0 Å². The summed E-state index contributed by atoms with van der Waals surface area (Å²) in [7, 11) is 0. The summed E-state index contributed by atoms with van der Waals surface area (Å²) in [6.45, 7) is 4.39. The van der Waals surface area contributed by atoms with Crippen LogP contribution in [0.3, 0.4) is 0 Å². The molecule has 2 saturated carbocycles. The van der Waals surface area contributed by atoms with Crippen molar-refractivity contribution in [1.29, 1.82) is 0 Å². The number of rotatable bonds is 4. The van der Waals surface area contributed by atoms with Gasteiger partial charge in [-0.2, -0.15) is 35.4 Å². The summed E-state index contributed by atoms with van der Waals surface area (Å²) in [5, 5.41) is 0. The average Bonchev–Trinajstić information content (AvgIpc) is 3.65. The average molecular weight is 584 g/mol. The summed E-state index contributed by atoms with van der Waals surface area (Å²) in [6, 6.07) is 15.9. The predicted molar refractivity (Wildman–Crippen MR) is 152 cm³/mol. The molecule has 2 aromatic carbocycles. The van der Waals surface area contributed by atoms with E-state index in [2.05, 4.69) is 82.4 Å². The van der Waals surface area contributed by atoms with Gasteiger partial charge in [-0.25, -0.2) is 12.2 Å². The largest absolute Gasteiger partial charge is 1.00 e. The Labute approximate surface area is 256 Å². The van der Waals surface area contributed by atoms with Crippen LogP contribution in [0.25, 0.3) is 11.1 Å². The van der Waals surface area contributed by atoms with Gasteiger partial charge in [0, 0.05) is 0 Å². The van der Waals surface area contributed by atoms with Gasteiger partial charge in [-0.3, -0.25) is 6.08 Å². The standard InChI is InChI=1S/C25H29.C5H5.C5H10.2ClH.Ti/c1-3-7-18(8-4-1)20-11-13-22-15-23-14-12-21(17-25(23)24(22)16-20)19-9-5-2-6-10-19;1-2-4-5-3-1;1-3-5-4-2;;;/h11-13,16-19H,1-10,15H2;1-3H,4H2;3-4H2,1-2H3;2*1H;/q2*-1;;;;+2/p-2. The normalized spacial score (nSPS) is 17.6. The van der Waals surface area contributed by atoms with Crippen LogP contribution in [0, 0.1) is 12.1 Å². The van der Waals surface area contributed by atoms with Crippen molar-refractivity contribution in [3.05, 3.63) is 83.0 Å². The minimum atomic E-state index is 0. The molecule has 6 rings (SSSR count). The molecule has 0 spiro atoms. The third-order valence-electron chi connectivity index (χ3n) is 8.43. The van der Waals surface area contributed by atoms with Gasteiger partial charge in [-0.05, 0) is 30.7 Å². The molecule has 0 amide bonds. The summed E-state index contributed by atoms with van der Waals surface area (Å²) < 4.78 is 1.59. The first-order valence-electron chi connectivity index (χ1n) is 14.6. The molecule has 0 atom stereocenters. The second kappa shape index (κ2) is 17.7. The second-order valence-electron chi connectivity index (χ2n) is 10.9. The fourth-order valence-corrected chi connectivity index (χ4v) is 6.07. The van der Waals surface area contributed by atoms with E-state index in [0.717, 1.165) is 24.7 Å². The first kappa shape index (κ1) is 33.3. The molecule has 4 aliphatic carbocycles.